The van der Waals surface area contributed by atoms with Gasteiger partial charge in [0.1, 0.15) is 17.5 Å². The second-order valence-electron chi connectivity index (χ2n) is 7.87. The minimum Gasteiger partial charge on any atom is -0.439 e. The monoisotopic (exact) mass is 557 g/mol. The summed E-state index contributed by atoms with van der Waals surface area (Å²) in [5, 5.41) is -0.648. The number of hydrogen-bond donors (Lipinski definition) is 2. The molecule has 1 atom stereocenters. The Hall–Kier alpha value is -4.02. The summed E-state index contributed by atoms with van der Waals surface area (Å²) in [6, 6.07) is 5.99. The maximum atomic E-state index is 13.3. The first-order valence-electron chi connectivity index (χ1n) is 10.5. The van der Waals surface area contributed by atoms with E-state index in [2.05, 4.69) is 25.3 Å². The molecular weight excluding hydrogens is 544 g/mol. The summed E-state index contributed by atoms with van der Waals surface area (Å²) in [5.74, 6) is -0.357. The molecule has 5 rings (SSSR count). The van der Waals surface area contributed by atoms with Gasteiger partial charge in [0.2, 0.25) is 5.88 Å². The van der Waals surface area contributed by atoms with Crippen molar-refractivity contribution in [2.24, 2.45) is 4.40 Å². The number of aromatic nitrogens is 2. The zero-order valence-corrected chi connectivity index (χ0v) is 19.3. The molecule has 3 heterocycles. The highest BCUT2D eigenvalue weighted by Gasteiger charge is 2.39. The topological polar surface area (TPSA) is 115 Å². The number of halogens is 6. The number of ether oxygens (including phenoxy) is 1. The van der Waals surface area contributed by atoms with E-state index in [0.717, 1.165) is 24.3 Å². The van der Waals surface area contributed by atoms with E-state index >= 15 is 0 Å². The molecule has 16 heteroatoms. The lowest BCUT2D eigenvalue weighted by Gasteiger charge is -2.14. The van der Waals surface area contributed by atoms with Crippen LogP contribution in [0.4, 0.5) is 26.3 Å². The number of benzene rings is 1. The molecule has 0 bridgehead atoms. The Bertz CT molecular complexity index is 1620. The smallest absolute Gasteiger partial charge is 0.433 e. The SMILES string of the molecule is O=S(=O)(N=C1C=CC=C2NONC21)c1ccc(Oc2ccc3c(C(F)(F)F)cc(C(F)(F)F)nc3n2)cc1. The van der Waals surface area contributed by atoms with Crippen molar-refractivity contribution in [3.63, 3.8) is 0 Å². The summed E-state index contributed by atoms with van der Waals surface area (Å²) in [5.41, 5.74) is 1.73. The third-order valence-electron chi connectivity index (χ3n) is 5.31. The lowest BCUT2D eigenvalue weighted by Crippen LogP contribution is -2.32. The number of sulfonamides is 1. The third-order valence-corrected chi connectivity index (χ3v) is 6.63. The van der Waals surface area contributed by atoms with E-state index < -0.39 is 50.7 Å². The molecule has 2 aromatic heterocycles. The number of hydrogen-bond acceptors (Lipinski definition) is 8. The average molecular weight is 557 g/mol. The minimum absolute atomic E-state index is 0.00400. The van der Waals surface area contributed by atoms with E-state index in [4.69, 9.17) is 9.68 Å². The quantitative estimate of drug-likeness (QED) is 0.453. The number of nitrogens with zero attached hydrogens (tertiary/aromatic N) is 3. The molecular formula is C22H13F6N5O4S. The normalized spacial score (nSPS) is 18.8. The van der Waals surface area contributed by atoms with E-state index in [1.54, 1.807) is 12.2 Å². The van der Waals surface area contributed by atoms with E-state index in [0.29, 0.717) is 5.70 Å². The summed E-state index contributed by atoms with van der Waals surface area (Å²) in [7, 11) is -4.16. The minimum atomic E-state index is -5.14. The van der Waals surface area contributed by atoms with E-state index in [1.165, 1.54) is 18.2 Å². The number of rotatable bonds is 4. The van der Waals surface area contributed by atoms with Crippen LogP contribution >= 0.6 is 0 Å². The molecule has 0 saturated carbocycles. The van der Waals surface area contributed by atoms with Crippen LogP contribution in [0, 0.1) is 0 Å². The zero-order valence-electron chi connectivity index (χ0n) is 18.5. The Balaban J connectivity index is 1.41. The Morgan fingerprint density at radius 3 is 2.39 bits per heavy atom. The van der Waals surface area contributed by atoms with Crippen LogP contribution in [0.1, 0.15) is 11.3 Å². The van der Waals surface area contributed by atoms with E-state index in [9.17, 15) is 34.8 Å². The second-order valence-corrected chi connectivity index (χ2v) is 9.48. The van der Waals surface area contributed by atoms with Gasteiger partial charge in [-0.3, -0.25) is 0 Å². The number of nitrogens with one attached hydrogen (secondary N) is 2. The van der Waals surface area contributed by atoms with Crippen molar-refractivity contribution in [3.05, 3.63) is 77.6 Å². The lowest BCUT2D eigenvalue weighted by molar-refractivity contribution is -0.144. The predicted octanol–water partition coefficient (Wildman–Crippen LogP) is 4.45. The molecule has 38 heavy (non-hydrogen) atoms. The number of allylic oxidation sites excluding steroid dienone is 2. The van der Waals surface area contributed by atoms with Crippen LogP contribution in [0.15, 0.2) is 75.7 Å². The molecule has 1 aliphatic heterocycles. The number of pyridine rings is 2. The molecule has 2 N–H and O–H groups in total. The van der Waals surface area contributed by atoms with Gasteiger partial charge in [-0.25, -0.2) is 10.5 Å². The molecule has 2 aliphatic rings. The van der Waals surface area contributed by atoms with Crippen LogP contribution < -0.4 is 15.7 Å². The maximum absolute atomic E-state index is 13.3. The van der Waals surface area contributed by atoms with E-state index in [1.807, 2.05) is 0 Å². The number of hydroxylamine groups is 2. The van der Waals surface area contributed by atoms with Crippen LogP contribution in [0.3, 0.4) is 0 Å². The highest BCUT2D eigenvalue weighted by molar-refractivity contribution is 7.90. The summed E-state index contributed by atoms with van der Waals surface area (Å²) in [6.07, 6.45) is -5.48. The van der Waals surface area contributed by atoms with Gasteiger partial charge in [0, 0.05) is 11.5 Å². The van der Waals surface area contributed by atoms with Gasteiger partial charge in [0.15, 0.2) is 5.65 Å². The van der Waals surface area contributed by atoms with Crippen LogP contribution in [0.25, 0.3) is 11.0 Å². The number of fused-ring (bicyclic) bond motifs is 2. The molecule has 3 aromatic rings. The molecule has 9 nitrogen and oxygen atoms in total. The van der Waals surface area contributed by atoms with Gasteiger partial charge in [-0.15, -0.1) is 0 Å². The second kappa shape index (κ2) is 9.07. The zero-order chi connectivity index (χ0) is 27.3. The molecule has 0 radical (unpaired) electrons. The van der Waals surface area contributed by atoms with Crippen molar-refractivity contribution >= 4 is 26.8 Å². The van der Waals surface area contributed by atoms with Crippen molar-refractivity contribution in [2.75, 3.05) is 0 Å². The molecule has 198 valence electrons. The molecule has 1 saturated heterocycles. The highest BCUT2D eigenvalue weighted by atomic mass is 32.2. The average Bonchev–Trinajstić information content (AvgIpc) is 3.32. The molecule has 0 amide bonds. The molecule has 1 fully saturated rings. The Kier molecular flexibility index (Phi) is 6.12. The number of alkyl halides is 6. The Labute approximate surface area is 209 Å². The van der Waals surface area contributed by atoms with Gasteiger partial charge < -0.3 is 4.74 Å². The maximum Gasteiger partial charge on any atom is 0.433 e. The largest absolute Gasteiger partial charge is 0.439 e. The standard InChI is InChI=1S/C22H13F6N5O4S/c23-21(24,25)14-10-17(22(26,27)28)29-20-13(14)8-9-18(30-20)36-11-4-6-12(7-5-11)38(34,35)33-16-3-1-2-15-19(16)32-37-31-15/h1-10,19,31-32H. The molecule has 0 spiro atoms. The van der Waals surface area contributed by atoms with Crippen molar-refractivity contribution in [3.8, 4) is 11.6 Å². The van der Waals surface area contributed by atoms with Crippen LogP contribution in [-0.4, -0.2) is 30.1 Å². The van der Waals surface area contributed by atoms with Crippen molar-refractivity contribution in [1.82, 2.24) is 20.9 Å². The molecule has 1 unspecified atom stereocenters. The highest BCUT2D eigenvalue weighted by Crippen LogP contribution is 2.38. The first-order valence-corrected chi connectivity index (χ1v) is 11.9. The van der Waals surface area contributed by atoms with Gasteiger partial charge in [-0.1, -0.05) is 6.08 Å². The van der Waals surface area contributed by atoms with Gasteiger partial charge in [-0.2, -0.15) is 54.6 Å². The van der Waals surface area contributed by atoms with Crippen LogP contribution in [0.2, 0.25) is 0 Å². The predicted molar refractivity (Wildman–Crippen MR) is 119 cm³/mol. The summed E-state index contributed by atoms with van der Waals surface area (Å²) < 4.78 is 114. The summed E-state index contributed by atoms with van der Waals surface area (Å²) in [6.45, 7) is 0. The van der Waals surface area contributed by atoms with Gasteiger partial charge >= 0.3 is 12.4 Å². The molecule has 1 aliphatic carbocycles. The Morgan fingerprint density at radius 1 is 0.974 bits per heavy atom. The molecule has 1 aromatic carbocycles. The first kappa shape index (κ1) is 25.6. The van der Waals surface area contributed by atoms with E-state index in [-0.39, 0.29) is 28.3 Å². The van der Waals surface area contributed by atoms with Gasteiger partial charge in [-0.05, 0) is 48.6 Å². The fourth-order valence-electron chi connectivity index (χ4n) is 3.57. The van der Waals surface area contributed by atoms with Crippen LogP contribution in [-0.2, 0) is 27.3 Å². The van der Waals surface area contributed by atoms with Crippen molar-refractivity contribution in [1.29, 1.82) is 0 Å². The fourth-order valence-corrected chi connectivity index (χ4v) is 4.59. The fraction of sp³-hybridized carbons (Fsp3) is 0.136. The Morgan fingerprint density at radius 2 is 1.71 bits per heavy atom. The third kappa shape index (κ3) is 5.05. The van der Waals surface area contributed by atoms with Crippen molar-refractivity contribution in [2.45, 2.75) is 23.3 Å². The summed E-state index contributed by atoms with van der Waals surface area (Å²) in [4.78, 5) is 11.6. The van der Waals surface area contributed by atoms with Gasteiger partial charge in [0.25, 0.3) is 10.0 Å². The summed E-state index contributed by atoms with van der Waals surface area (Å²) >= 11 is 0. The van der Waals surface area contributed by atoms with Crippen molar-refractivity contribution < 1.29 is 44.4 Å². The first-order chi connectivity index (χ1) is 17.8. The lowest BCUT2D eigenvalue weighted by atomic mass is 10.0. The van der Waals surface area contributed by atoms with Gasteiger partial charge in [0.05, 0.1) is 21.9 Å². The van der Waals surface area contributed by atoms with Crippen LogP contribution in [0.5, 0.6) is 11.6 Å².